The highest BCUT2D eigenvalue weighted by Gasteiger charge is 2.12. The average molecular weight is 264 g/mol. The molecule has 0 amide bonds. The minimum Gasteiger partial charge on any atom is -0.393 e. The van der Waals surface area contributed by atoms with Gasteiger partial charge in [-0.2, -0.15) is 5.10 Å². The van der Waals surface area contributed by atoms with E-state index in [0.717, 1.165) is 15.6 Å². The van der Waals surface area contributed by atoms with E-state index in [4.69, 9.17) is 5.73 Å². The third kappa shape index (κ3) is 2.45. The molecule has 6 nitrogen and oxygen atoms in total. The maximum atomic E-state index is 10.7. The predicted octanol–water partition coefficient (Wildman–Crippen LogP) is 2.37. The number of hydrogen-bond donors (Lipinski definition) is 1. The van der Waals surface area contributed by atoms with Gasteiger partial charge in [-0.1, -0.05) is 11.8 Å². The number of nitrogens with two attached hydrogens (primary N) is 1. The molecule has 0 spiro atoms. The summed E-state index contributed by atoms with van der Waals surface area (Å²) >= 11 is 1.47. The Morgan fingerprint density at radius 2 is 2.17 bits per heavy atom. The lowest BCUT2D eigenvalue weighted by molar-refractivity contribution is -0.383. The van der Waals surface area contributed by atoms with Crippen LogP contribution in [0.2, 0.25) is 0 Å². The first-order valence-corrected chi connectivity index (χ1v) is 6.01. The maximum Gasteiger partial charge on any atom is 0.292 e. The number of hydrogen-bond acceptors (Lipinski definition) is 5. The van der Waals surface area contributed by atoms with Crippen LogP contribution in [0.25, 0.3) is 0 Å². The van der Waals surface area contributed by atoms with Gasteiger partial charge in [0, 0.05) is 18.0 Å². The number of anilines is 1. The molecule has 0 fully saturated rings. The topological polar surface area (TPSA) is 87.0 Å². The number of aromatic nitrogens is 2. The van der Waals surface area contributed by atoms with E-state index in [-0.39, 0.29) is 11.4 Å². The van der Waals surface area contributed by atoms with Gasteiger partial charge in [-0.05, 0) is 25.1 Å². The second-order valence-corrected chi connectivity index (χ2v) is 4.92. The van der Waals surface area contributed by atoms with E-state index >= 15 is 0 Å². The number of nitro groups is 1. The highest BCUT2D eigenvalue weighted by Crippen LogP contribution is 2.32. The van der Waals surface area contributed by atoms with Crippen LogP contribution in [0.15, 0.2) is 34.2 Å². The normalized spacial score (nSPS) is 10.6. The average Bonchev–Trinajstić information content (AvgIpc) is 2.57. The number of nitro benzene ring substituents is 1. The Kier molecular flexibility index (Phi) is 3.24. The zero-order valence-corrected chi connectivity index (χ0v) is 10.8. The fraction of sp³-hybridized carbons (Fsp3) is 0.182. The van der Waals surface area contributed by atoms with Crippen molar-refractivity contribution < 1.29 is 4.92 Å². The number of rotatable bonds is 3. The quantitative estimate of drug-likeness (QED) is 0.522. The molecule has 0 bridgehead atoms. The monoisotopic (exact) mass is 264 g/mol. The van der Waals surface area contributed by atoms with Gasteiger partial charge in [-0.25, -0.2) is 0 Å². The molecule has 0 aliphatic rings. The number of benzene rings is 1. The molecule has 2 rings (SSSR count). The summed E-state index contributed by atoms with van der Waals surface area (Å²) in [6, 6.07) is 6.65. The first-order chi connectivity index (χ1) is 8.47. The summed E-state index contributed by atoms with van der Waals surface area (Å²) in [6.45, 7) is 1.91. The molecule has 0 atom stereocenters. The van der Waals surface area contributed by atoms with Crippen LogP contribution >= 0.6 is 11.8 Å². The summed E-state index contributed by atoms with van der Waals surface area (Å²) in [4.78, 5) is 11.0. The second-order valence-electron chi connectivity index (χ2n) is 3.83. The molecule has 0 aliphatic carbocycles. The molecular formula is C11H12N4O2S. The van der Waals surface area contributed by atoms with Gasteiger partial charge in [0.05, 0.1) is 15.6 Å². The summed E-state index contributed by atoms with van der Waals surface area (Å²) < 4.78 is 1.76. The van der Waals surface area contributed by atoms with Gasteiger partial charge in [0.2, 0.25) is 0 Å². The zero-order valence-electron chi connectivity index (χ0n) is 9.95. The Morgan fingerprint density at radius 3 is 2.67 bits per heavy atom. The standard InChI is InChI=1S/C11H12N4O2S/c1-7-5-11(14(2)13-7)18-8-3-4-10(15(16)17)9(12)6-8/h3-6H,12H2,1-2H3. The van der Waals surface area contributed by atoms with E-state index in [2.05, 4.69) is 5.10 Å². The first kappa shape index (κ1) is 12.4. The fourth-order valence-electron chi connectivity index (χ4n) is 1.57. The molecule has 0 radical (unpaired) electrons. The van der Waals surface area contributed by atoms with Gasteiger partial charge >= 0.3 is 0 Å². The van der Waals surface area contributed by atoms with Gasteiger partial charge < -0.3 is 5.73 Å². The van der Waals surface area contributed by atoms with E-state index in [1.165, 1.54) is 17.8 Å². The predicted molar refractivity (Wildman–Crippen MR) is 69.6 cm³/mol. The van der Waals surface area contributed by atoms with Crippen molar-refractivity contribution in [3.8, 4) is 0 Å². The molecule has 7 heteroatoms. The Bertz CT molecular complexity index is 609. The van der Waals surface area contributed by atoms with Crippen LogP contribution in [0.3, 0.4) is 0 Å². The van der Waals surface area contributed by atoms with Crippen molar-refractivity contribution in [2.45, 2.75) is 16.8 Å². The molecule has 0 saturated heterocycles. The van der Waals surface area contributed by atoms with E-state index in [9.17, 15) is 10.1 Å². The molecule has 1 aromatic carbocycles. The molecule has 0 saturated carbocycles. The van der Waals surface area contributed by atoms with Crippen LogP contribution in [-0.4, -0.2) is 14.7 Å². The lowest BCUT2D eigenvalue weighted by Crippen LogP contribution is -1.96. The molecule has 0 unspecified atom stereocenters. The maximum absolute atomic E-state index is 10.7. The van der Waals surface area contributed by atoms with Crippen LogP contribution in [-0.2, 0) is 7.05 Å². The molecule has 94 valence electrons. The lowest BCUT2D eigenvalue weighted by Gasteiger charge is -2.03. The summed E-state index contributed by atoms with van der Waals surface area (Å²) in [5, 5.41) is 15.8. The van der Waals surface area contributed by atoms with Crippen molar-refractivity contribution in [1.82, 2.24) is 9.78 Å². The Hall–Kier alpha value is -2.02. The third-order valence-electron chi connectivity index (χ3n) is 2.38. The lowest BCUT2D eigenvalue weighted by atomic mass is 10.3. The van der Waals surface area contributed by atoms with Crippen molar-refractivity contribution in [3.05, 3.63) is 40.1 Å². The van der Waals surface area contributed by atoms with E-state index in [1.54, 1.807) is 16.8 Å². The Balaban J connectivity index is 2.28. The van der Waals surface area contributed by atoms with E-state index in [1.807, 2.05) is 20.0 Å². The SMILES string of the molecule is Cc1cc(Sc2ccc([N+](=O)[O-])c(N)c2)n(C)n1. The van der Waals surface area contributed by atoms with Crippen molar-refractivity contribution in [3.63, 3.8) is 0 Å². The zero-order chi connectivity index (χ0) is 13.3. The summed E-state index contributed by atoms with van der Waals surface area (Å²) in [5.41, 5.74) is 6.67. The third-order valence-corrected chi connectivity index (χ3v) is 3.46. The number of nitrogens with zero attached hydrogens (tertiary/aromatic N) is 3. The fourth-order valence-corrected chi connectivity index (χ4v) is 2.53. The molecule has 1 heterocycles. The van der Waals surface area contributed by atoms with Gasteiger partial charge in [0.25, 0.3) is 5.69 Å². The van der Waals surface area contributed by atoms with Crippen LogP contribution < -0.4 is 5.73 Å². The van der Waals surface area contributed by atoms with Crippen LogP contribution in [0.5, 0.6) is 0 Å². The molecule has 2 N–H and O–H groups in total. The van der Waals surface area contributed by atoms with Crippen molar-refractivity contribution in [2.75, 3.05) is 5.73 Å². The van der Waals surface area contributed by atoms with E-state index < -0.39 is 4.92 Å². The van der Waals surface area contributed by atoms with Gasteiger partial charge in [0.1, 0.15) is 5.69 Å². The highest BCUT2D eigenvalue weighted by molar-refractivity contribution is 7.99. The largest absolute Gasteiger partial charge is 0.393 e. The molecule has 0 aliphatic heterocycles. The Labute approximate surface area is 108 Å². The van der Waals surface area contributed by atoms with Crippen LogP contribution in [0, 0.1) is 17.0 Å². The summed E-state index contributed by atoms with van der Waals surface area (Å²) in [5.74, 6) is 0. The van der Waals surface area contributed by atoms with Gasteiger partial charge in [-0.3, -0.25) is 14.8 Å². The molecular weight excluding hydrogens is 252 g/mol. The molecule has 18 heavy (non-hydrogen) atoms. The second kappa shape index (κ2) is 4.69. The smallest absolute Gasteiger partial charge is 0.292 e. The summed E-state index contributed by atoms with van der Waals surface area (Å²) in [7, 11) is 1.85. The van der Waals surface area contributed by atoms with Crippen molar-refractivity contribution in [2.24, 2.45) is 7.05 Å². The highest BCUT2D eigenvalue weighted by atomic mass is 32.2. The Morgan fingerprint density at radius 1 is 1.44 bits per heavy atom. The van der Waals surface area contributed by atoms with E-state index in [0.29, 0.717) is 0 Å². The van der Waals surface area contributed by atoms with Crippen LogP contribution in [0.1, 0.15) is 5.69 Å². The molecule has 2 aromatic rings. The van der Waals surface area contributed by atoms with Crippen molar-refractivity contribution >= 4 is 23.1 Å². The first-order valence-electron chi connectivity index (χ1n) is 5.20. The number of nitrogen functional groups attached to an aromatic ring is 1. The van der Waals surface area contributed by atoms with Crippen molar-refractivity contribution in [1.29, 1.82) is 0 Å². The minimum atomic E-state index is -0.488. The van der Waals surface area contributed by atoms with Gasteiger partial charge in [0.15, 0.2) is 0 Å². The van der Waals surface area contributed by atoms with Gasteiger partial charge in [-0.15, -0.1) is 0 Å². The number of aryl methyl sites for hydroxylation is 2. The minimum absolute atomic E-state index is 0.0689. The summed E-state index contributed by atoms with van der Waals surface area (Å²) in [6.07, 6.45) is 0. The molecule has 1 aromatic heterocycles. The van der Waals surface area contributed by atoms with Crippen LogP contribution in [0.4, 0.5) is 11.4 Å².